The van der Waals surface area contributed by atoms with Gasteiger partial charge in [0.25, 0.3) is 5.91 Å². The summed E-state index contributed by atoms with van der Waals surface area (Å²) in [7, 11) is 3.35. The highest BCUT2D eigenvalue weighted by Crippen LogP contribution is 2.17. The van der Waals surface area contributed by atoms with E-state index in [-0.39, 0.29) is 11.8 Å². The van der Waals surface area contributed by atoms with Crippen molar-refractivity contribution in [2.45, 2.75) is 32.2 Å². The fraction of sp³-hybridized carbons (Fsp3) is 0.467. The Morgan fingerprint density at radius 1 is 1.30 bits per heavy atom. The van der Waals surface area contributed by atoms with Crippen LogP contribution in [0.3, 0.4) is 0 Å². The number of carbonyl (C=O) groups is 2. The molecule has 0 spiro atoms. The van der Waals surface area contributed by atoms with E-state index in [0.717, 1.165) is 12.8 Å². The molecule has 0 aliphatic rings. The molecule has 0 saturated heterocycles. The molecular weight excluding hydrogens is 254 g/mol. The Morgan fingerprint density at radius 2 is 1.95 bits per heavy atom. The van der Waals surface area contributed by atoms with Crippen LogP contribution in [0.25, 0.3) is 0 Å². The zero-order valence-corrected chi connectivity index (χ0v) is 12.3. The van der Waals surface area contributed by atoms with E-state index in [4.69, 9.17) is 5.73 Å². The molecule has 0 bridgehead atoms. The maximum atomic E-state index is 12.0. The largest absolute Gasteiger partial charge is 0.345 e. The molecule has 0 radical (unpaired) electrons. The van der Waals surface area contributed by atoms with Crippen LogP contribution >= 0.6 is 0 Å². The van der Waals surface area contributed by atoms with Crippen molar-refractivity contribution in [1.29, 1.82) is 0 Å². The molecule has 5 nitrogen and oxygen atoms in total. The molecule has 0 fully saturated rings. The van der Waals surface area contributed by atoms with E-state index in [1.165, 1.54) is 4.90 Å². The van der Waals surface area contributed by atoms with Gasteiger partial charge in [0.1, 0.15) is 0 Å². The van der Waals surface area contributed by atoms with E-state index < -0.39 is 6.04 Å². The molecule has 0 heterocycles. The maximum Gasteiger partial charge on any atom is 0.255 e. The van der Waals surface area contributed by atoms with Crippen molar-refractivity contribution in [2.75, 3.05) is 19.4 Å². The molecule has 5 heteroatoms. The van der Waals surface area contributed by atoms with Crippen LogP contribution in [0.4, 0.5) is 5.69 Å². The highest BCUT2D eigenvalue weighted by Gasteiger charge is 2.17. The number of anilines is 1. The van der Waals surface area contributed by atoms with E-state index in [1.54, 1.807) is 38.4 Å². The Morgan fingerprint density at radius 3 is 2.55 bits per heavy atom. The first-order valence-electron chi connectivity index (χ1n) is 6.84. The minimum absolute atomic E-state index is 0.150. The Kier molecular flexibility index (Phi) is 6.18. The lowest BCUT2D eigenvalue weighted by Crippen LogP contribution is -2.36. The Balaban J connectivity index is 2.82. The number of para-hydroxylation sites is 1. The summed E-state index contributed by atoms with van der Waals surface area (Å²) >= 11 is 0. The predicted molar refractivity (Wildman–Crippen MR) is 80.6 cm³/mol. The van der Waals surface area contributed by atoms with Gasteiger partial charge in [0, 0.05) is 14.1 Å². The second-order valence-corrected chi connectivity index (χ2v) is 4.98. The number of amides is 2. The second-order valence-electron chi connectivity index (χ2n) is 4.98. The van der Waals surface area contributed by atoms with Crippen molar-refractivity contribution in [3.05, 3.63) is 29.8 Å². The molecule has 1 aromatic carbocycles. The van der Waals surface area contributed by atoms with Crippen molar-refractivity contribution in [3.8, 4) is 0 Å². The van der Waals surface area contributed by atoms with E-state index in [9.17, 15) is 9.59 Å². The lowest BCUT2D eigenvalue weighted by molar-refractivity contribution is -0.117. The van der Waals surface area contributed by atoms with Crippen molar-refractivity contribution in [2.24, 2.45) is 5.73 Å². The fourth-order valence-electron chi connectivity index (χ4n) is 1.80. The van der Waals surface area contributed by atoms with E-state index in [1.807, 2.05) is 0 Å². The molecule has 0 aliphatic heterocycles. The number of hydrogen-bond donors (Lipinski definition) is 2. The molecule has 3 N–H and O–H groups in total. The summed E-state index contributed by atoms with van der Waals surface area (Å²) in [6, 6.07) is 6.40. The summed E-state index contributed by atoms with van der Waals surface area (Å²) in [6.45, 7) is 2.05. The highest BCUT2D eigenvalue weighted by molar-refractivity contribution is 6.04. The van der Waals surface area contributed by atoms with Crippen LogP contribution < -0.4 is 11.1 Å². The van der Waals surface area contributed by atoms with Crippen LogP contribution in [0.15, 0.2) is 24.3 Å². The summed E-state index contributed by atoms with van der Waals surface area (Å²) in [5, 5.41) is 2.74. The summed E-state index contributed by atoms with van der Waals surface area (Å²) in [5.74, 6) is -0.402. The minimum Gasteiger partial charge on any atom is -0.345 e. The third-order valence-electron chi connectivity index (χ3n) is 3.03. The molecule has 2 amide bonds. The SMILES string of the molecule is CCCCC(N)C(=O)Nc1ccccc1C(=O)N(C)C. The van der Waals surface area contributed by atoms with Gasteiger partial charge >= 0.3 is 0 Å². The first kappa shape index (κ1) is 16.2. The van der Waals surface area contributed by atoms with Crippen molar-refractivity contribution in [1.82, 2.24) is 4.90 Å². The van der Waals surface area contributed by atoms with Crippen LogP contribution in [0.2, 0.25) is 0 Å². The number of rotatable bonds is 6. The maximum absolute atomic E-state index is 12.0. The topological polar surface area (TPSA) is 75.4 Å². The van der Waals surface area contributed by atoms with Gasteiger partial charge in [-0.05, 0) is 18.6 Å². The highest BCUT2D eigenvalue weighted by atomic mass is 16.2. The minimum atomic E-state index is -0.544. The third kappa shape index (κ3) is 4.35. The summed E-state index contributed by atoms with van der Waals surface area (Å²) in [4.78, 5) is 25.5. The number of unbranched alkanes of at least 4 members (excludes halogenated alkanes) is 1. The number of carbonyl (C=O) groups excluding carboxylic acids is 2. The van der Waals surface area contributed by atoms with Crippen LogP contribution in [0.1, 0.15) is 36.5 Å². The van der Waals surface area contributed by atoms with Crippen molar-refractivity contribution in [3.63, 3.8) is 0 Å². The standard InChI is InChI=1S/C15H23N3O2/c1-4-5-9-12(16)14(19)17-13-10-7-6-8-11(13)15(20)18(2)3/h6-8,10,12H,4-5,9,16H2,1-3H3,(H,17,19). The Hall–Kier alpha value is -1.88. The van der Waals surface area contributed by atoms with Crippen LogP contribution in [-0.2, 0) is 4.79 Å². The van der Waals surface area contributed by atoms with Gasteiger partial charge in [-0.15, -0.1) is 0 Å². The molecular formula is C15H23N3O2. The summed E-state index contributed by atoms with van der Waals surface area (Å²) in [6.07, 6.45) is 2.55. The molecule has 20 heavy (non-hydrogen) atoms. The van der Waals surface area contributed by atoms with E-state index >= 15 is 0 Å². The molecule has 1 aromatic rings. The van der Waals surface area contributed by atoms with Gasteiger partial charge in [0.2, 0.25) is 5.91 Å². The number of hydrogen-bond acceptors (Lipinski definition) is 3. The van der Waals surface area contributed by atoms with Crippen molar-refractivity contribution < 1.29 is 9.59 Å². The lowest BCUT2D eigenvalue weighted by Gasteiger charge is -2.16. The number of nitrogens with zero attached hydrogens (tertiary/aromatic N) is 1. The first-order valence-corrected chi connectivity index (χ1v) is 6.84. The smallest absolute Gasteiger partial charge is 0.255 e. The average Bonchev–Trinajstić information content (AvgIpc) is 2.44. The Bertz CT molecular complexity index is 472. The number of nitrogens with two attached hydrogens (primary N) is 1. The first-order chi connectivity index (χ1) is 9.47. The van der Waals surface area contributed by atoms with Gasteiger partial charge in [0.05, 0.1) is 17.3 Å². The molecule has 0 aliphatic carbocycles. The fourth-order valence-corrected chi connectivity index (χ4v) is 1.80. The quantitative estimate of drug-likeness (QED) is 0.833. The van der Waals surface area contributed by atoms with Gasteiger partial charge in [-0.2, -0.15) is 0 Å². The zero-order valence-electron chi connectivity index (χ0n) is 12.3. The molecule has 1 unspecified atom stereocenters. The van der Waals surface area contributed by atoms with Crippen molar-refractivity contribution >= 4 is 17.5 Å². The van der Waals surface area contributed by atoms with E-state index in [0.29, 0.717) is 17.7 Å². The molecule has 0 aromatic heterocycles. The van der Waals surface area contributed by atoms with Crippen LogP contribution in [0, 0.1) is 0 Å². The molecule has 1 rings (SSSR count). The van der Waals surface area contributed by atoms with Gasteiger partial charge in [-0.25, -0.2) is 0 Å². The molecule has 110 valence electrons. The molecule has 0 saturated carbocycles. The Labute approximate surface area is 120 Å². The van der Waals surface area contributed by atoms with Gasteiger partial charge in [0.15, 0.2) is 0 Å². The van der Waals surface area contributed by atoms with Gasteiger partial charge < -0.3 is 16.0 Å². The van der Waals surface area contributed by atoms with Crippen LogP contribution in [-0.4, -0.2) is 36.9 Å². The zero-order chi connectivity index (χ0) is 15.1. The second kappa shape index (κ2) is 7.65. The third-order valence-corrected chi connectivity index (χ3v) is 3.03. The summed E-state index contributed by atoms with van der Waals surface area (Å²) in [5.41, 5.74) is 6.80. The lowest BCUT2D eigenvalue weighted by atomic mass is 10.1. The monoisotopic (exact) mass is 277 g/mol. The van der Waals surface area contributed by atoms with Gasteiger partial charge in [-0.3, -0.25) is 9.59 Å². The average molecular weight is 277 g/mol. The van der Waals surface area contributed by atoms with Crippen LogP contribution in [0.5, 0.6) is 0 Å². The number of nitrogens with one attached hydrogen (secondary N) is 1. The van der Waals surface area contributed by atoms with E-state index in [2.05, 4.69) is 12.2 Å². The normalized spacial score (nSPS) is 11.8. The molecule has 1 atom stereocenters. The predicted octanol–water partition coefficient (Wildman–Crippen LogP) is 1.84. The summed E-state index contributed by atoms with van der Waals surface area (Å²) < 4.78 is 0. The number of benzene rings is 1. The van der Waals surface area contributed by atoms with Gasteiger partial charge in [-0.1, -0.05) is 31.9 Å².